The summed E-state index contributed by atoms with van der Waals surface area (Å²) >= 11 is 0. The Bertz CT molecular complexity index is 348. The van der Waals surface area contributed by atoms with Crippen LogP contribution in [0.2, 0.25) is 0 Å². The van der Waals surface area contributed by atoms with E-state index < -0.39 is 0 Å². The normalized spacial score (nSPS) is 25.7. The summed E-state index contributed by atoms with van der Waals surface area (Å²) in [6.07, 6.45) is 5.78. The number of carbonyl (C=O) groups is 2. The van der Waals surface area contributed by atoms with E-state index in [0.717, 1.165) is 51.9 Å². The van der Waals surface area contributed by atoms with Crippen molar-refractivity contribution in [2.24, 2.45) is 11.8 Å². The highest BCUT2D eigenvalue weighted by Crippen LogP contribution is 2.24. The van der Waals surface area contributed by atoms with Crippen molar-refractivity contribution >= 4 is 11.7 Å². The smallest absolute Gasteiger partial charge is 0.222 e. The first-order valence-electron chi connectivity index (χ1n) is 8.00. The third-order valence-corrected chi connectivity index (χ3v) is 4.75. The van der Waals surface area contributed by atoms with Gasteiger partial charge in [-0.2, -0.15) is 0 Å². The zero-order valence-electron chi connectivity index (χ0n) is 12.9. The van der Waals surface area contributed by atoms with Crippen LogP contribution in [0.5, 0.6) is 0 Å². The van der Waals surface area contributed by atoms with E-state index in [1.807, 2.05) is 4.90 Å². The number of hydrogen-bond donors (Lipinski definition) is 0. The molecule has 0 saturated carbocycles. The van der Waals surface area contributed by atoms with Gasteiger partial charge in [-0.3, -0.25) is 4.79 Å². The Morgan fingerprint density at radius 1 is 1.00 bits per heavy atom. The number of Topliss-reactive ketones (excluding diaryl/α,β-unsaturated/α-hetero) is 1. The lowest BCUT2D eigenvalue weighted by molar-refractivity contribution is -0.135. The number of rotatable bonds is 4. The lowest BCUT2D eigenvalue weighted by atomic mass is 9.90. The highest BCUT2D eigenvalue weighted by atomic mass is 16.2. The molecule has 1 amide bonds. The van der Waals surface area contributed by atoms with Crippen LogP contribution in [0.1, 0.15) is 45.4 Å². The molecule has 1 atom stereocenters. The minimum absolute atomic E-state index is 0.250. The standard InChI is InChI=1S/C16H28N2O2/c1-13(19)10-15-4-3-7-18(12-15)16(20)11-14-5-8-17(2)9-6-14/h14-15H,3-12H2,1-2H3. The molecule has 2 heterocycles. The van der Waals surface area contributed by atoms with E-state index in [1.54, 1.807) is 6.92 Å². The van der Waals surface area contributed by atoms with Gasteiger partial charge >= 0.3 is 0 Å². The van der Waals surface area contributed by atoms with Crippen molar-refractivity contribution in [3.8, 4) is 0 Å². The predicted molar refractivity (Wildman–Crippen MR) is 79.4 cm³/mol. The minimum Gasteiger partial charge on any atom is -0.342 e. The molecule has 1 unspecified atom stereocenters. The summed E-state index contributed by atoms with van der Waals surface area (Å²) in [7, 11) is 2.15. The molecule has 2 rings (SSSR count). The number of piperidine rings is 2. The van der Waals surface area contributed by atoms with Gasteiger partial charge in [0.2, 0.25) is 5.91 Å². The van der Waals surface area contributed by atoms with E-state index >= 15 is 0 Å². The maximum Gasteiger partial charge on any atom is 0.222 e. The van der Waals surface area contributed by atoms with E-state index in [-0.39, 0.29) is 5.78 Å². The van der Waals surface area contributed by atoms with Gasteiger partial charge in [-0.25, -0.2) is 0 Å². The van der Waals surface area contributed by atoms with Crippen LogP contribution >= 0.6 is 0 Å². The van der Waals surface area contributed by atoms with Gasteiger partial charge in [0.1, 0.15) is 5.78 Å². The van der Waals surface area contributed by atoms with Gasteiger partial charge < -0.3 is 14.6 Å². The zero-order valence-corrected chi connectivity index (χ0v) is 12.9. The Morgan fingerprint density at radius 3 is 2.35 bits per heavy atom. The molecule has 2 aliphatic rings. The number of nitrogens with zero attached hydrogens (tertiary/aromatic N) is 2. The number of carbonyl (C=O) groups excluding carboxylic acids is 2. The largest absolute Gasteiger partial charge is 0.342 e. The first kappa shape index (κ1) is 15.5. The van der Waals surface area contributed by atoms with Gasteiger partial charge in [0.15, 0.2) is 0 Å². The third kappa shape index (κ3) is 4.58. The highest BCUT2D eigenvalue weighted by molar-refractivity contribution is 5.77. The molecule has 2 fully saturated rings. The summed E-state index contributed by atoms with van der Waals surface area (Å²) in [4.78, 5) is 28.0. The van der Waals surface area contributed by atoms with Crippen LogP contribution in [0.25, 0.3) is 0 Å². The monoisotopic (exact) mass is 280 g/mol. The molecular formula is C16H28N2O2. The molecule has 0 radical (unpaired) electrons. The molecule has 4 heteroatoms. The fourth-order valence-electron chi connectivity index (χ4n) is 3.51. The van der Waals surface area contributed by atoms with Crippen molar-refractivity contribution in [2.45, 2.75) is 45.4 Å². The molecule has 0 bridgehead atoms. The maximum absolute atomic E-state index is 12.4. The van der Waals surface area contributed by atoms with Gasteiger partial charge in [0.25, 0.3) is 0 Å². The highest BCUT2D eigenvalue weighted by Gasteiger charge is 2.27. The molecule has 0 aromatic carbocycles. The Morgan fingerprint density at radius 2 is 1.70 bits per heavy atom. The second kappa shape index (κ2) is 7.21. The van der Waals surface area contributed by atoms with Crippen LogP contribution in [0, 0.1) is 11.8 Å². The minimum atomic E-state index is 0.250. The first-order valence-corrected chi connectivity index (χ1v) is 8.00. The van der Waals surface area contributed by atoms with Crippen LogP contribution in [-0.4, -0.2) is 54.7 Å². The molecule has 0 N–H and O–H groups in total. The third-order valence-electron chi connectivity index (χ3n) is 4.75. The van der Waals surface area contributed by atoms with Gasteiger partial charge in [0, 0.05) is 25.9 Å². The molecule has 0 aliphatic carbocycles. The van der Waals surface area contributed by atoms with Gasteiger partial charge in [-0.05, 0) is 64.6 Å². The van der Waals surface area contributed by atoms with E-state index in [4.69, 9.17) is 0 Å². The van der Waals surface area contributed by atoms with Crippen LogP contribution in [0.4, 0.5) is 0 Å². The van der Waals surface area contributed by atoms with Gasteiger partial charge in [-0.1, -0.05) is 0 Å². The molecule has 0 aromatic heterocycles. The van der Waals surface area contributed by atoms with Crippen LogP contribution in [-0.2, 0) is 9.59 Å². The van der Waals surface area contributed by atoms with E-state index in [2.05, 4.69) is 11.9 Å². The number of amides is 1. The molecule has 4 nitrogen and oxygen atoms in total. The van der Waals surface area contributed by atoms with Crippen LogP contribution < -0.4 is 0 Å². The predicted octanol–water partition coefficient (Wildman–Crippen LogP) is 1.94. The number of likely N-dealkylation sites (tertiary alicyclic amines) is 2. The molecule has 114 valence electrons. The van der Waals surface area contributed by atoms with E-state index in [0.29, 0.717) is 30.6 Å². The number of ketones is 1. The topological polar surface area (TPSA) is 40.6 Å². The van der Waals surface area contributed by atoms with Crippen molar-refractivity contribution in [3.63, 3.8) is 0 Å². The summed E-state index contributed by atoms with van der Waals surface area (Å²) < 4.78 is 0. The van der Waals surface area contributed by atoms with Crippen molar-refractivity contribution < 1.29 is 9.59 Å². The van der Waals surface area contributed by atoms with Gasteiger partial charge in [0.05, 0.1) is 0 Å². The lowest BCUT2D eigenvalue weighted by Crippen LogP contribution is -2.42. The fraction of sp³-hybridized carbons (Fsp3) is 0.875. The molecule has 2 aliphatic heterocycles. The van der Waals surface area contributed by atoms with Crippen LogP contribution in [0.3, 0.4) is 0 Å². The average Bonchev–Trinajstić information content (AvgIpc) is 2.41. The molecular weight excluding hydrogens is 252 g/mol. The molecule has 2 saturated heterocycles. The van der Waals surface area contributed by atoms with E-state index in [9.17, 15) is 9.59 Å². The molecule has 0 spiro atoms. The summed E-state index contributed by atoms with van der Waals surface area (Å²) in [5, 5.41) is 0. The summed E-state index contributed by atoms with van der Waals surface area (Å²) in [6.45, 7) is 5.57. The first-order chi connectivity index (χ1) is 9.54. The Kier molecular flexibility index (Phi) is 5.58. The fourth-order valence-corrected chi connectivity index (χ4v) is 3.51. The Hall–Kier alpha value is -0.900. The van der Waals surface area contributed by atoms with Gasteiger partial charge in [-0.15, -0.1) is 0 Å². The quantitative estimate of drug-likeness (QED) is 0.790. The second-order valence-electron chi connectivity index (χ2n) is 6.70. The van der Waals surface area contributed by atoms with E-state index in [1.165, 1.54) is 0 Å². The Labute approximate surface area is 122 Å². The van der Waals surface area contributed by atoms with Crippen molar-refractivity contribution in [2.75, 3.05) is 33.2 Å². The number of hydrogen-bond acceptors (Lipinski definition) is 3. The second-order valence-corrected chi connectivity index (χ2v) is 6.70. The lowest BCUT2D eigenvalue weighted by Gasteiger charge is -2.34. The van der Waals surface area contributed by atoms with Crippen molar-refractivity contribution in [1.82, 2.24) is 9.80 Å². The van der Waals surface area contributed by atoms with Crippen LogP contribution in [0.15, 0.2) is 0 Å². The Balaban J connectivity index is 1.78. The maximum atomic E-state index is 12.4. The SMILES string of the molecule is CC(=O)CC1CCCN(C(=O)CC2CCN(C)CC2)C1. The summed E-state index contributed by atoms with van der Waals surface area (Å²) in [6, 6.07) is 0. The molecule has 0 aromatic rings. The zero-order chi connectivity index (χ0) is 14.5. The van der Waals surface area contributed by atoms with Crippen molar-refractivity contribution in [3.05, 3.63) is 0 Å². The summed E-state index contributed by atoms with van der Waals surface area (Å²) in [5.74, 6) is 1.52. The average molecular weight is 280 g/mol. The van der Waals surface area contributed by atoms with Crippen molar-refractivity contribution in [1.29, 1.82) is 0 Å². The molecule has 20 heavy (non-hydrogen) atoms. The summed E-state index contributed by atoms with van der Waals surface area (Å²) in [5.41, 5.74) is 0.